The van der Waals surface area contributed by atoms with Crippen molar-refractivity contribution in [2.24, 2.45) is 5.73 Å². The molecule has 0 aromatic carbocycles. The van der Waals surface area contributed by atoms with Gasteiger partial charge in [-0.2, -0.15) is 0 Å². The largest absolute Gasteiger partial charge is 0.461 e. The number of carbonyl (C=O) groups is 2. The molecule has 0 bridgehead atoms. The molecule has 3 N–H and O–H groups in total. The number of carbonyl (C=O) groups excluding carboxylic acids is 2. The zero-order valence-corrected chi connectivity index (χ0v) is 15.8. The molecule has 9 heteroatoms. The van der Waals surface area contributed by atoms with E-state index in [0.29, 0.717) is 27.8 Å². The predicted molar refractivity (Wildman–Crippen MR) is 102 cm³/mol. The molecule has 8 nitrogen and oxygen atoms in total. The van der Waals surface area contributed by atoms with E-state index in [2.05, 4.69) is 10.5 Å². The molecule has 1 aliphatic rings. The number of rotatable bonds is 7. The van der Waals surface area contributed by atoms with Gasteiger partial charge in [0, 0.05) is 10.9 Å². The average Bonchev–Trinajstić information content (AvgIpc) is 3.40. The van der Waals surface area contributed by atoms with Crippen LogP contribution in [0.2, 0.25) is 0 Å². The van der Waals surface area contributed by atoms with E-state index in [-0.39, 0.29) is 19.1 Å². The molecule has 0 fully saturated rings. The molecule has 28 heavy (non-hydrogen) atoms. The van der Waals surface area contributed by atoms with Gasteiger partial charge in [-0.1, -0.05) is 5.16 Å². The number of nitrogens with one attached hydrogen (secondary N) is 1. The van der Waals surface area contributed by atoms with Crippen LogP contribution >= 0.6 is 11.3 Å². The average molecular weight is 401 g/mol. The molecule has 2 amide bonds. The number of aryl methyl sites for hydroxylation is 1. The fourth-order valence-corrected chi connectivity index (χ4v) is 4.55. The molecule has 146 valence electrons. The second-order valence-electron chi connectivity index (χ2n) is 6.48. The van der Waals surface area contributed by atoms with Crippen molar-refractivity contribution < 1.29 is 23.3 Å². The van der Waals surface area contributed by atoms with Crippen LogP contribution in [-0.2, 0) is 29.0 Å². The highest BCUT2D eigenvalue weighted by molar-refractivity contribution is 7.17. The molecule has 4 rings (SSSR count). The van der Waals surface area contributed by atoms with Crippen molar-refractivity contribution in [3.8, 4) is 11.5 Å². The number of anilines is 1. The van der Waals surface area contributed by atoms with Gasteiger partial charge < -0.3 is 24.7 Å². The Bertz CT molecular complexity index is 990. The highest BCUT2D eigenvalue weighted by Crippen LogP contribution is 2.37. The summed E-state index contributed by atoms with van der Waals surface area (Å²) >= 11 is 1.42. The number of aromatic nitrogens is 1. The molecule has 0 spiro atoms. The maximum absolute atomic E-state index is 12.2. The van der Waals surface area contributed by atoms with Crippen LogP contribution in [-0.4, -0.2) is 23.6 Å². The zero-order valence-electron chi connectivity index (χ0n) is 15.0. The first-order chi connectivity index (χ1) is 13.6. The third-order valence-electron chi connectivity index (χ3n) is 4.48. The quantitative estimate of drug-likeness (QED) is 0.627. The summed E-state index contributed by atoms with van der Waals surface area (Å²) in [5.41, 5.74) is 7.50. The zero-order chi connectivity index (χ0) is 19.5. The molecule has 0 unspecified atom stereocenters. The molecular formula is C19H19N3O5S. The minimum absolute atomic E-state index is 0.112. The van der Waals surface area contributed by atoms with Crippen LogP contribution in [0.3, 0.4) is 0 Å². The van der Waals surface area contributed by atoms with E-state index in [9.17, 15) is 9.59 Å². The van der Waals surface area contributed by atoms with Crippen LogP contribution in [0.25, 0.3) is 11.5 Å². The van der Waals surface area contributed by atoms with Gasteiger partial charge in [-0.3, -0.25) is 9.59 Å². The predicted octanol–water partition coefficient (Wildman–Crippen LogP) is 3.13. The molecule has 0 aliphatic heterocycles. The Hall–Kier alpha value is -2.91. The number of thiophene rings is 1. The van der Waals surface area contributed by atoms with Crippen LogP contribution in [0.1, 0.15) is 39.3 Å². The third kappa shape index (κ3) is 3.85. The van der Waals surface area contributed by atoms with Gasteiger partial charge in [-0.05, 0) is 43.4 Å². The van der Waals surface area contributed by atoms with E-state index in [4.69, 9.17) is 19.4 Å². The summed E-state index contributed by atoms with van der Waals surface area (Å²) in [4.78, 5) is 25.2. The Morgan fingerprint density at radius 3 is 2.93 bits per heavy atom. The lowest BCUT2D eigenvalue weighted by atomic mass is 9.95. The summed E-state index contributed by atoms with van der Waals surface area (Å²) in [6.45, 7) is -0.0645. The van der Waals surface area contributed by atoms with Crippen molar-refractivity contribution in [1.82, 2.24) is 5.16 Å². The van der Waals surface area contributed by atoms with Crippen molar-refractivity contribution in [2.45, 2.75) is 32.3 Å². The first kappa shape index (κ1) is 18.5. The van der Waals surface area contributed by atoms with Crippen molar-refractivity contribution in [3.05, 3.63) is 46.2 Å². The summed E-state index contributed by atoms with van der Waals surface area (Å²) in [6, 6.07) is 5.20. The third-order valence-corrected chi connectivity index (χ3v) is 5.68. The van der Waals surface area contributed by atoms with Gasteiger partial charge in [0.25, 0.3) is 11.8 Å². The van der Waals surface area contributed by atoms with Crippen molar-refractivity contribution in [2.75, 3.05) is 11.9 Å². The molecular weight excluding hydrogens is 382 g/mol. The molecule has 1 aliphatic carbocycles. The molecule has 0 saturated heterocycles. The number of furan rings is 1. The summed E-state index contributed by atoms with van der Waals surface area (Å²) in [6.07, 6.45) is 5.39. The minimum Gasteiger partial charge on any atom is -0.461 e. The number of nitrogens with two attached hydrogens (primary N) is 1. The number of primary amides is 1. The Kier molecular flexibility index (Phi) is 5.27. The Labute approximate surface area is 164 Å². The van der Waals surface area contributed by atoms with Crippen LogP contribution in [0.5, 0.6) is 0 Å². The Morgan fingerprint density at radius 2 is 2.14 bits per heavy atom. The van der Waals surface area contributed by atoms with Gasteiger partial charge in [-0.25, -0.2) is 0 Å². The number of nitrogens with zero attached hydrogens (tertiary/aromatic N) is 1. The van der Waals surface area contributed by atoms with E-state index in [1.807, 2.05) is 0 Å². The number of fused-ring (bicyclic) bond motifs is 1. The van der Waals surface area contributed by atoms with Gasteiger partial charge in [0.1, 0.15) is 17.3 Å². The standard InChI is InChI=1S/C19H19N3O5S/c20-18(24)17-12-4-1-2-6-15(12)28-19(17)21-16(23)10-25-9-11-8-14(27-22-11)13-5-3-7-26-13/h3,5,7-8H,1-2,4,6,9-10H2,(H2,20,24)(H,21,23). The second-order valence-corrected chi connectivity index (χ2v) is 7.59. The van der Waals surface area contributed by atoms with Gasteiger partial charge >= 0.3 is 0 Å². The smallest absolute Gasteiger partial charge is 0.251 e. The van der Waals surface area contributed by atoms with Gasteiger partial charge in [-0.15, -0.1) is 11.3 Å². The SMILES string of the molecule is NC(=O)c1c(NC(=O)COCc2cc(-c3ccco3)on2)sc2c1CCCC2. The number of hydrogen-bond acceptors (Lipinski definition) is 7. The summed E-state index contributed by atoms with van der Waals surface area (Å²) in [7, 11) is 0. The fourth-order valence-electron chi connectivity index (χ4n) is 3.24. The topological polar surface area (TPSA) is 121 Å². The van der Waals surface area contributed by atoms with Gasteiger partial charge in [0.05, 0.1) is 18.4 Å². The highest BCUT2D eigenvalue weighted by Gasteiger charge is 2.25. The molecule has 3 aromatic heterocycles. The van der Waals surface area contributed by atoms with E-state index >= 15 is 0 Å². The molecule has 0 radical (unpaired) electrons. The van der Waals surface area contributed by atoms with E-state index in [1.165, 1.54) is 11.3 Å². The molecule has 3 heterocycles. The maximum atomic E-state index is 12.2. The molecule has 0 saturated carbocycles. The van der Waals surface area contributed by atoms with Gasteiger partial charge in [0.15, 0.2) is 5.76 Å². The highest BCUT2D eigenvalue weighted by atomic mass is 32.1. The van der Waals surface area contributed by atoms with Crippen molar-refractivity contribution >= 4 is 28.2 Å². The monoisotopic (exact) mass is 401 g/mol. The first-order valence-electron chi connectivity index (χ1n) is 8.93. The molecule has 0 atom stereocenters. The van der Waals surface area contributed by atoms with E-state index < -0.39 is 5.91 Å². The first-order valence-corrected chi connectivity index (χ1v) is 9.75. The second kappa shape index (κ2) is 7.99. The van der Waals surface area contributed by atoms with Crippen LogP contribution in [0, 0.1) is 0 Å². The lowest BCUT2D eigenvalue weighted by Crippen LogP contribution is -2.21. The van der Waals surface area contributed by atoms with Crippen LogP contribution in [0.15, 0.2) is 33.4 Å². The number of ether oxygens (including phenoxy) is 1. The summed E-state index contributed by atoms with van der Waals surface area (Å²) < 4.78 is 15.8. The van der Waals surface area contributed by atoms with E-state index in [1.54, 1.807) is 24.5 Å². The Morgan fingerprint density at radius 1 is 1.29 bits per heavy atom. The lowest BCUT2D eigenvalue weighted by molar-refractivity contribution is -0.121. The number of amides is 2. The van der Waals surface area contributed by atoms with Crippen LogP contribution < -0.4 is 11.1 Å². The Balaban J connectivity index is 1.34. The van der Waals surface area contributed by atoms with E-state index in [0.717, 1.165) is 36.1 Å². The van der Waals surface area contributed by atoms with Gasteiger partial charge in [0.2, 0.25) is 5.76 Å². The molecule has 3 aromatic rings. The fraction of sp³-hybridized carbons (Fsp3) is 0.316. The lowest BCUT2D eigenvalue weighted by Gasteiger charge is -2.11. The van der Waals surface area contributed by atoms with Crippen molar-refractivity contribution in [3.63, 3.8) is 0 Å². The maximum Gasteiger partial charge on any atom is 0.251 e. The summed E-state index contributed by atoms with van der Waals surface area (Å²) in [5, 5.41) is 7.15. The summed E-state index contributed by atoms with van der Waals surface area (Å²) in [5.74, 6) is 0.194. The minimum atomic E-state index is -0.510. The van der Waals surface area contributed by atoms with Crippen LogP contribution in [0.4, 0.5) is 5.00 Å². The number of hydrogen-bond donors (Lipinski definition) is 2. The normalized spacial score (nSPS) is 13.3. The van der Waals surface area contributed by atoms with Crippen molar-refractivity contribution in [1.29, 1.82) is 0 Å².